The Labute approximate surface area is 79.9 Å². The Bertz CT molecular complexity index is 351. The van der Waals surface area contributed by atoms with Crippen LogP contribution in [-0.2, 0) is 0 Å². The van der Waals surface area contributed by atoms with E-state index in [2.05, 4.69) is 0 Å². The third-order valence-electron chi connectivity index (χ3n) is 1.58. The van der Waals surface area contributed by atoms with E-state index in [1.165, 1.54) is 19.2 Å². The first-order valence-electron chi connectivity index (χ1n) is 3.43. The van der Waals surface area contributed by atoms with Gasteiger partial charge in [0.15, 0.2) is 5.75 Å². The molecule has 0 heterocycles. The molecule has 0 saturated carbocycles. The molecule has 0 bridgehead atoms. The van der Waals surface area contributed by atoms with Gasteiger partial charge >= 0.3 is 5.97 Å². The van der Waals surface area contributed by atoms with Gasteiger partial charge < -0.3 is 15.6 Å². The number of hydrogen-bond acceptors (Lipinski definition) is 3. The molecule has 1 rings (SSSR count). The summed E-state index contributed by atoms with van der Waals surface area (Å²) in [7, 11) is 1.38. The summed E-state index contributed by atoms with van der Waals surface area (Å²) in [5, 5.41) is 8.99. The Morgan fingerprint density at radius 2 is 2.23 bits per heavy atom. The van der Waals surface area contributed by atoms with Crippen LogP contribution in [0.2, 0.25) is 5.02 Å². The van der Waals surface area contributed by atoms with Gasteiger partial charge in [0, 0.05) is 0 Å². The minimum Gasteiger partial charge on any atom is -0.493 e. The molecule has 1 aromatic rings. The molecule has 4 nitrogen and oxygen atoms in total. The van der Waals surface area contributed by atoms with Crippen LogP contribution < -0.4 is 10.5 Å². The zero-order chi connectivity index (χ0) is 10.0. The van der Waals surface area contributed by atoms with Crippen molar-refractivity contribution in [2.24, 2.45) is 0 Å². The van der Waals surface area contributed by atoms with Gasteiger partial charge in [0.25, 0.3) is 0 Å². The summed E-state index contributed by atoms with van der Waals surface area (Å²) < 4.78 is 4.85. The second-order valence-electron chi connectivity index (χ2n) is 2.35. The lowest BCUT2D eigenvalue weighted by Crippen LogP contribution is -2.04. The molecule has 0 unspecified atom stereocenters. The summed E-state index contributed by atoms with van der Waals surface area (Å²) in [5.41, 5.74) is 5.54. The molecular formula is C8H8ClNO3. The summed E-state index contributed by atoms with van der Waals surface area (Å²) in [5.74, 6) is -0.908. The molecule has 0 atom stereocenters. The second-order valence-corrected chi connectivity index (χ2v) is 2.75. The molecule has 0 aliphatic carbocycles. The quantitative estimate of drug-likeness (QED) is 0.714. The van der Waals surface area contributed by atoms with Crippen molar-refractivity contribution < 1.29 is 14.6 Å². The van der Waals surface area contributed by atoms with Crippen LogP contribution in [0.3, 0.4) is 0 Å². The zero-order valence-corrected chi connectivity index (χ0v) is 7.63. The van der Waals surface area contributed by atoms with Gasteiger partial charge in [-0.25, -0.2) is 4.79 Å². The van der Waals surface area contributed by atoms with Crippen molar-refractivity contribution in [3.8, 4) is 5.75 Å². The number of hydrogen-bond donors (Lipinski definition) is 2. The maximum absolute atomic E-state index is 10.6. The van der Waals surface area contributed by atoms with Crippen molar-refractivity contribution in [2.75, 3.05) is 12.8 Å². The van der Waals surface area contributed by atoms with Crippen LogP contribution in [0.5, 0.6) is 5.75 Å². The third-order valence-corrected chi connectivity index (χ3v) is 1.88. The number of carbonyl (C=O) groups is 1. The predicted molar refractivity (Wildman–Crippen MR) is 49.4 cm³/mol. The molecule has 0 aromatic heterocycles. The Kier molecular flexibility index (Phi) is 2.63. The molecule has 5 heteroatoms. The Morgan fingerprint density at radius 3 is 2.69 bits per heavy atom. The van der Waals surface area contributed by atoms with E-state index >= 15 is 0 Å². The van der Waals surface area contributed by atoms with Gasteiger partial charge in [-0.05, 0) is 12.1 Å². The predicted octanol–water partition coefficient (Wildman–Crippen LogP) is 1.63. The lowest BCUT2D eigenvalue weighted by molar-refractivity contribution is 0.0697. The molecule has 1 aromatic carbocycles. The standard InChI is InChI=1S/C8H8ClNO3/c1-13-7-5(9)3-2-4(6(7)10)8(11)12/h2-3H,10H2,1H3,(H,11,12). The minimum atomic E-state index is -1.10. The molecule has 0 radical (unpaired) electrons. The number of anilines is 1. The van der Waals surface area contributed by atoms with Gasteiger partial charge in [-0.3, -0.25) is 0 Å². The van der Waals surface area contributed by atoms with Crippen LogP contribution in [0.25, 0.3) is 0 Å². The molecule has 0 aliphatic rings. The molecule has 3 N–H and O–H groups in total. The minimum absolute atomic E-state index is 0.0127. The van der Waals surface area contributed by atoms with Crippen molar-refractivity contribution >= 4 is 23.3 Å². The Balaban J connectivity index is 3.35. The number of carboxylic acids is 1. The summed E-state index contributed by atoms with van der Waals surface area (Å²) in [6.45, 7) is 0. The van der Waals surface area contributed by atoms with E-state index < -0.39 is 5.97 Å². The summed E-state index contributed by atoms with van der Waals surface area (Å²) in [6, 6.07) is 2.77. The van der Waals surface area contributed by atoms with E-state index in [-0.39, 0.29) is 17.0 Å². The van der Waals surface area contributed by atoms with Gasteiger partial charge in [-0.15, -0.1) is 0 Å². The van der Waals surface area contributed by atoms with E-state index in [9.17, 15) is 4.79 Å². The van der Waals surface area contributed by atoms with Crippen LogP contribution in [0.15, 0.2) is 12.1 Å². The molecule has 70 valence electrons. The molecule has 0 spiro atoms. The SMILES string of the molecule is COc1c(Cl)ccc(C(=O)O)c1N. The maximum atomic E-state index is 10.6. The summed E-state index contributed by atoms with van der Waals surface area (Å²) >= 11 is 5.71. The molecule has 0 saturated heterocycles. The topological polar surface area (TPSA) is 72.5 Å². The van der Waals surface area contributed by atoms with Gasteiger partial charge in [-0.1, -0.05) is 11.6 Å². The van der Waals surface area contributed by atoms with E-state index in [1.54, 1.807) is 0 Å². The van der Waals surface area contributed by atoms with E-state index in [0.29, 0.717) is 5.02 Å². The maximum Gasteiger partial charge on any atom is 0.337 e. The number of ether oxygens (including phenoxy) is 1. The third kappa shape index (κ3) is 1.67. The van der Waals surface area contributed by atoms with E-state index in [0.717, 1.165) is 0 Å². The molecule has 0 fully saturated rings. The highest BCUT2D eigenvalue weighted by atomic mass is 35.5. The van der Waals surface area contributed by atoms with Crippen molar-refractivity contribution in [3.05, 3.63) is 22.7 Å². The highest BCUT2D eigenvalue weighted by molar-refractivity contribution is 6.32. The number of benzene rings is 1. The second kappa shape index (κ2) is 3.53. The van der Waals surface area contributed by atoms with Crippen molar-refractivity contribution in [1.82, 2.24) is 0 Å². The van der Waals surface area contributed by atoms with Crippen LogP contribution in [0, 0.1) is 0 Å². The monoisotopic (exact) mass is 201 g/mol. The first-order valence-corrected chi connectivity index (χ1v) is 3.81. The number of aromatic carboxylic acids is 1. The van der Waals surface area contributed by atoms with Crippen molar-refractivity contribution in [3.63, 3.8) is 0 Å². The summed E-state index contributed by atoms with van der Waals surface area (Å²) in [4.78, 5) is 10.6. The van der Waals surface area contributed by atoms with Gasteiger partial charge in [0.05, 0.1) is 23.4 Å². The van der Waals surface area contributed by atoms with Gasteiger partial charge in [0.2, 0.25) is 0 Å². The number of halogens is 1. The number of methoxy groups -OCH3 is 1. The number of nitrogens with two attached hydrogens (primary N) is 1. The first-order chi connectivity index (χ1) is 6.07. The van der Waals surface area contributed by atoms with Crippen LogP contribution in [0.4, 0.5) is 5.69 Å². The lowest BCUT2D eigenvalue weighted by Gasteiger charge is -2.08. The lowest BCUT2D eigenvalue weighted by atomic mass is 10.1. The van der Waals surface area contributed by atoms with Crippen molar-refractivity contribution in [2.45, 2.75) is 0 Å². The average molecular weight is 202 g/mol. The zero-order valence-electron chi connectivity index (χ0n) is 6.87. The fourth-order valence-electron chi connectivity index (χ4n) is 0.967. The van der Waals surface area contributed by atoms with Crippen molar-refractivity contribution in [1.29, 1.82) is 0 Å². The normalized spacial score (nSPS) is 9.69. The van der Waals surface area contributed by atoms with Gasteiger partial charge in [-0.2, -0.15) is 0 Å². The number of carboxylic acid groups (broad SMARTS) is 1. The molecule has 0 amide bonds. The highest BCUT2D eigenvalue weighted by Crippen LogP contribution is 2.33. The fraction of sp³-hybridized carbons (Fsp3) is 0.125. The average Bonchev–Trinajstić information content (AvgIpc) is 2.04. The van der Waals surface area contributed by atoms with Crippen LogP contribution >= 0.6 is 11.6 Å². The van der Waals surface area contributed by atoms with Crippen LogP contribution in [-0.4, -0.2) is 18.2 Å². The fourth-order valence-corrected chi connectivity index (χ4v) is 1.21. The number of nitrogen functional groups attached to an aromatic ring is 1. The number of rotatable bonds is 2. The largest absolute Gasteiger partial charge is 0.493 e. The van der Waals surface area contributed by atoms with E-state index in [4.69, 9.17) is 27.2 Å². The highest BCUT2D eigenvalue weighted by Gasteiger charge is 2.14. The van der Waals surface area contributed by atoms with Gasteiger partial charge in [0.1, 0.15) is 0 Å². The first kappa shape index (κ1) is 9.67. The smallest absolute Gasteiger partial charge is 0.337 e. The van der Waals surface area contributed by atoms with Crippen LogP contribution in [0.1, 0.15) is 10.4 Å². The van der Waals surface area contributed by atoms with E-state index in [1.807, 2.05) is 0 Å². The molecular weight excluding hydrogens is 194 g/mol. The Hall–Kier alpha value is -1.42. The molecule has 0 aliphatic heterocycles. The Morgan fingerprint density at radius 1 is 1.62 bits per heavy atom. The molecule has 13 heavy (non-hydrogen) atoms. The summed E-state index contributed by atoms with van der Waals surface area (Å²) in [6.07, 6.45) is 0.